The molecule has 0 aromatic rings. The second-order valence-electron chi connectivity index (χ2n) is 4.48. The standard InChI is InChI=1S/C10H15NO3/c1-10(2,3)6-14-7-11-8(12)4-5-9(11)13/h4-5H,6-7H2,1-3H3. The number of rotatable bonds is 3. The maximum atomic E-state index is 11.1. The molecule has 1 rings (SSSR count). The molecule has 78 valence electrons. The van der Waals surface area contributed by atoms with Crippen molar-refractivity contribution < 1.29 is 14.3 Å². The molecule has 0 saturated heterocycles. The van der Waals surface area contributed by atoms with E-state index in [0.717, 1.165) is 4.90 Å². The monoisotopic (exact) mass is 197 g/mol. The smallest absolute Gasteiger partial charge is 0.255 e. The Morgan fingerprint density at radius 2 is 1.71 bits per heavy atom. The van der Waals surface area contributed by atoms with Crippen LogP contribution in [-0.2, 0) is 14.3 Å². The molecule has 0 spiro atoms. The average Bonchev–Trinajstić information content (AvgIpc) is 2.33. The highest BCUT2D eigenvalue weighted by Crippen LogP contribution is 2.13. The van der Waals surface area contributed by atoms with E-state index in [1.165, 1.54) is 12.2 Å². The number of hydrogen-bond donors (Lipinski definition) is 0. The lowest BCUT2D eigenvalue weighted by atomic mass is 9.99. The van der Waals surface area contributed by atoms with E-state index in [-0.39, 0.29) is 24.0 Å². The van der Waals surface area contributed by atoms with Crippen molar-refractivity contribution in [1.82, 2.24) is 4.90 Å². The lowest BCUT2D eigenvalue weighted by Gasteiger charge is -2.20. The van der Waals surface area contributed by atoms with Gasteiger partial charge < -0.3 is 4.74 Å². The Morgan fingerprint density at radius 3 is 2.14 bits per heavy atom. The summed E-state index contributed by atoms with van der Waals surface area (Å²) in [7, 11) is 0. The fourth-order valence-corrected chi connectivity index (χ4v) is 1.00. The number of carbonyl (C=O) groups is 2. The fraction of sp³-hybridized carbons (Fsp3) is 0.600. The average molecular weight is 197 g/mol. The molecule has 4 nitrogen and oxygen atoms in total. The second-order valence-corrected chi connectivity index (χ2v) is 4.48. The Kier molecular flexibility index (Phi) is 3.06. The van der Waals surface area contributed by atoms with Crippen molar-refractivity contribution >= 4 is 11.8 Å². The van der Waals surface area contributed by atoms with Crippen LogP contribution in [0.4, 0.5) is 0 Å². The topological polar surface area (TPSA) is 46.6 Å². The van der Waals surface area contributed by atoms with Gasteiger partial charge in [0.1, 0.15) is 6.73 Å². The van der Waals surface area contributed by atoms with Gasteiger partial charge >= 0.3 is 0 Å². The summed E-state index contributed by atoms with van der Waals surface area (Å²) < 4.78 is 5.27. The maximum absolute atomic E-state index is 11.1. The molecule has 0 fully saturated rings. The Labute approximate surface area is 83.5 Å². The highest BCUT2D eigenvalue weighted by atomic mass is 16.5. The first-order chi connectivity index (χ1) is 6.40. The van der Waals surface area contributed by atoms with Crippen LogP contribution in [0.5, 0.6) is 0 Å². The molecule has 1 aliphatic heterocycles. The highest BCUT2D eigenvalue weighted by Gasteiger charge is 2.23. The first-order valence-corrected chi connectivity index (χ1v) is 4.51. The molecule has 0 atom stereocenters. The number of ether oxygens (including phenoxy) is 1. The molecule has 14 heavy (non-hydrogen) atoms. The van der Waals surface area contributed by atoms with Gasteiger partial charge in [-0.15, -0.1) is 0 Å². The third-order valence-electron chi connectivity index (χ3n) is 1.66. The molecule has 0 aromatic carbocycles. The molecular formula is C10H15NO3. The Bertz CT molecular complexity index is 258. The number of imide groups is 1. The van der Waals surface area contributed by atoms with Crippen molar-refractivity contribution in [3.63, 3.8) is 0 Å². The fourth-order valence-electron chi connectivity index (χ4n) is 1.00. The van der Waals surface area contributed by atoms with Gasteiger partial charge in [0.25, 0.3) is 11.8 Å². The normalized spacial score (nSPS) is 16.9. The molecule has 0 aromatic heterocycles. The van der Waals surface area contributed by atoms with Crippen LogP contribution in [0.1, 0.15) is 20.8 Å². The zero-order valence-corrected chi connectivity index (χ0v) is 8.74. The molecule has 0 aliphatic carbocycles. The van der Waals surface area contributed by atoms with Crippen molar-refractivity contribution in [2.75, 3.05) is 13.3 Å². The number of carbonyl (C=O) groups excluding carboxylic acids is 2. The van der Waals surface area contributed by atoms with Gasteiger partial charge in [0, 0.05) is 12.2 Å². The second kappa shape index (κ2) is 3.92. The maximum Gasteiger partial charge on any atom is 0.255 e. The Morgan fingerprint density at radius 1 is 1.21 bits per heavy atom. The van der Waals surface area contributed by atoms with Gasteiger partial charge in [-0.2, -0.15) is 0 Å². The van der Waals surface area contributed by atoms with E-state index in [1.54, 1.807) is 0 Å². The van der Waals surface area contributed by atoms with E-state index < -0.39 is 0 Å². The Balaban J connectivity index is 2.33. The van der Waals surface area contributed by atoms with Crippen molar-refractivity contribution in [3.05, 3.63) is 12.2 Å². The van der Waals surface area contributed by atoms with E-state index >= 15 is 0 Å². The van der Waals surface area contributed by atoms with E-state index in [1.807, 2.05) is 20.8 Å². The zero-order chi connectivity index (χ0) is 10.8. The number of nitrogens with zero attached hydrogens (tertiary/aromatic N) is 1. The summed E-state index contributed by atoms with van der Waals surface area (Å²) in [6, 6.07) is 0. The molecule has 0 bridgehead atoms. The summed E-state index contributed by atoms with van der Waals surface area (Å²) in [5.74, 6) is -0.604. The lowest BCUT2D eigenvalue weighted by Crippen LogP contribution is -2.33. The van der Waals surface area contributed by atoms with E-state index in [4.69, 9.17) is 4.74 Å². The quantitative estimate of drug-likeness (QED) is 0.632. The van der Waals surface area contributed by atoms with Crippen LogP contribution in [0.3, 0.4) is 0 Å². The molecule has 0 N–H and O–H groups in total. The van der Waals surface area contributed by atoms with Gasteiger partial charge in [-0.25, -0.2) is 0 Å². The molecule has 2 amide bonds. The van der Waals surface area contributed by atoms with Crippen LogP contribution < -0.4 is 0 Å². The summed E-state index contributed by atoms with van der Waals surface area (Å²) in [6.07, 6.45) is 2.51. The minimum atomic E-state index is -0.302. The third-order valence-corrected chi connectivity index (χ3v) is 1.66. The van der Waals surface area contributed by atoms with E-state index in [0.29, 0.717) is 6.61 Å². The summed E-state index contributed by atoms with van der Waals surface area (Å²) >= 11 is 0. The third kappa shape index (κ3) is 2.96. The number of amides is 2. The highest BCUT2D eigenvalue weighted by molar-refractivity contribution is 6.12. The lowest BCUT2D eigenvalue weighted by molar-refractivity contribution is -0.144. The minimum absolute atomic E-state index is 0.0409. The molecule has 0 unspecified atom stereocenters. The van der Waals surface area contributed by atoms with Gasteiger partial charge in [-0.3, -0.25) is 14.5 Å². The van der Waals surface area contributed by atoms with Gasteiger partial charge in [0.15, 0.2) is 0 Å². The summed E-state index contributed by atoms with van der Waals surface area (Å²) in [6.45, 7) is 6.64. The van der Waals surface area contributed by atoms with E-state index in [9.17, 15) is 9.59 Å². The molecule has 4 heteroatoms. The van der Waals surface area contributed by atoms with Crippen molar-refractivity contribution in [2.24, 2.45) is 5.41 Å². The van der Waals surface area contributed by atoms with Crippen molar-refractivity contribution in [2.45, 2.75) is 20.8 Å². The first kappa shape index (κ1) is 10.9. The first-order valence-electron chi connectivity index (χ1n) is 4.51. The summed E-state index contributed by atoms with van der Waals surface area (Å²) in [4.78, 5) is 23.2. The van der Waals surface area contributed by atoms with Gasteiger partial charge in [0.05, 0.1) is 6.61 Å². The zero-order valence-electron chi connectivity index (χ0n) is 8.74. The molecule has 1 aliphatic rings. The summed E-state index contributed by atoms with van der Waals surface area (Å²) in [5, 5.41) is 0. The minimum Gasteiger partial charge on any atom is -0.360 e. The van der Waals surface area contributed by atoms with Gasteiger partial charge in [-0.1, -0.05) is 20.8 Å². The predicted molar refractivity (Wildman–Crippen MR) is 51.3 cm³/mol. The largest absolute Gasteiger partial charge is 0.360 e. The SMILES string of the molecule is CC(C)(C)COCN1C(=O)C=CC1=O. The predicted octanol–water partition coefficient (Wildman–Crippen LogP) is 0.932. The van der Waals surface area contributed by atoms with E-state index in [2.05, 4.69) is 0 Å². The van der Waals surface area contributed by atoms with Crippen LogP contribution in [0.25, 0.3) is 0 Å². The van der Waals surface area contributed by atoms with Crippen LogP contribution in [0, 0.1) is 5.41 Å². The number of hydrogen-bond acceptors (Lipinski definition) is 3. The molecule has 0 saturated carbocycles. The van der Waals surface area contributed by atoms with Gasteiger partial charge in [0.2, 0.25) is 0 Å². The molecule has 1 heterocycles. The molecular weight excluding hydrogens is 182 g/mol. The van der Waals surface area contributed by atoms with Crippen LogP contribution in [0.2, 0.25) is 0 Å². The van der Waals surface area contributed by atoms with Crippen LogP contribution in [0.15, 0.2) is 12.2 Å². The van der Waals surface area contributed by atoms with Crippen molar-refractivity contribution in [3.8, 4) is 0 Å². The van der Waals surface area contributed by atoms with Crippen LogP contribution in [-0.4, -0.2) is 30.1 Å². The molecule has 0 radical (unpaired) electrons. The van der Waals surface area contributed by atoms with Crippen LogP contribution >= 0.6 is 0 Å². The van der Waals surface area contributed by atoms with Crippen molar-refractivity contribution in [1.29, 1.82) is 0 Å². The Hall–Kier alpha value is -1.16. The van der Waals surface area contributed by atoms with Gasteiger partial charge in [-0.05, 0) is 5.41 Å². The summed E-state index contributed by atoms with van der Waals surface area (Å²) in [5.41, 5.74) is 0.0409.